The third-order valence-electron chi connectivity index (χ3n) is 0. The molecule has 0 heterocycles. The Bertz CT molecular complexity index is 22.4. The molecule has 0 aliphatic rings. The fraction of sp³-hybridized carbons (Fsp3) is 1.00. The summed E-state index contributed by atoms with van der Waals surface area (Å²) in [5.41, 5.74) is 0. The second-order valence-electron chi connectivity index (χ2n) is 0.468. The first-order valence-corrected chi connectivity index (χ1v) is 1.73. The van der Waals surface area contributed by atoms with E-state index in [0.29, 0.717) is 16.9 Å². The predicted octanol–water partition coefficient (Wildman–Crippen LogP) is 0.675. The molecule has 0 fully saturated rings. The van der Waals surface area contributed by atoms with Crippen LogP contribution in [0.1, 0.15) is 0 Å². The first-order chi connectivity index (χ1) is 2.00. The fourth-order valence-electron chi connectivity index (χ4n) is 0. The molecule has 0 aromatic rings. The molecule has 0 N–H and O–H groups in total. The van der Waals surface area contributed by atoms with Crippen LogP contribution in [0.15, 0.2) is 0 Å². The van der Waals surface area contributed by atoms with Crippen LogP contribution in [-0.4, -0.2) is 21.8 Å². The molecule has 4 heteroatoms. The van der Waals surface area contributed by atoms with Crippen LogP contribution in [0.4, 0.5) is 13.2 Å². The van der Waals surface area contributed by atoms with Crippen LogP contribution in [0.3, 0.4) is 0 Å². The Labute approximate surface area is 35.9 Å². The predicted molar refractivity (Wildman–Crippen MR) is 11.8 cm³/mol. The van der Waals surface area contributed by atoms with Crippen molar-refractivity contribution in [2.24, 2.45) is 0 Å². The average Bonchev–Trinajstić information content (AvgIpc) is 0.722. The van der Waals surface area contributed by atoms with Crippen LogP contribution in [0.5, 0.6) is 0 Å². The molecule has 0 nitrogen and oxygen atoms in total. The van der Waals surface area contributed by atoms with E-state index in [1.54, 1.807) is 0 Å². The number of rotatable bonds is 0. The van der Waals surface area contributed by atoms with E-state index in [0.717, 1.165) is 0 Å². The summed E-state index contributed by atoms with van der Waals surface area (Å²) in [6.07, 6.45) is 0. The average molecular weight is 144 g/mol. The first-order valence-electron chi connectivity index (χ1n) is 0.791. The van der Waals surface area contributed by atoms with Gasteiger partial charge in [-0.15, -0.1) is 0 Å². The van der Waals surface area contributed by atoms with Crippen molar-refractivity contribution in [1.29, 1.82) is 0 Å². The molecule has 0 aromatic heterocycles. The zero-order valence-electron chi connectivity index (χ0n) is 2.08. The fourth-order valence-corrected chi connectivity index (χ4v) is 0. The molecule has 0 aliphatic carbocycles. The maximum absolute atomic E-state index is 10.3. The molecule has 0 saturated heterocycles. The van der Waals surface area contributed by atoms with Gasteiger partial charge in [0.2, 0.25) is 0 Å². The van der Waals surface area contributed by atoms with Gasteiger partial charge in [0.05, 0.1) is 0 Å². The van der Waals surface area contributed by atoms with Crippen molar-refractivity contribution >= 4 is 16.9 Å². The molecule has 30 valence electrons. The number of hydrogen-bond acceptors (Lipinski definition) is 0. The van der Waals surface area contributed by atoms with E-state index in [2.05, 4.69) is 0 Å². The maximum atomic E-state index is 10.3. The van der Waals surface area contributed by atoms with Crippen molar-refractivity contribution in [3.63, 3.8) is 0 Å². The standard InChI is InChI=1S/CAsF3/c2-1(3,4)5. The summed E-state index contributed by atoms with van der Waals surface area (Å²) in [7, 11) is 0. The third kappa shape index (κ3) is 198. The number of halogens is 3. The molecule has 2 radical (unpaired) electrons. The Morgan fingerprint density at radius 3 is 1.20 bits per heavy atom. The minimum absolute atomic E-state index is 0.583. The topological polar surface area (TPSA) is 0 Å². The van der Waals surface area contributed by atoms with Gasteiger partial charge in [0.1, 0.15) is 0 Å². The van der Waals surface area contributed by atoms with Gasteiger partial charge in [0.15, 0.2) is 0 Å². The Morgan fingerprint density at radius 2 is 1.20 bits per heavy atom. The second kappa shape index (κ2) is 1.21. The van der Waals surface area contributed by atoms with Gasteiger partial charge < -0.3 is 0 Å². The van der Waals surface area contributed by atoms with Gasteiger partial charge in [-0.05, 0) is 0 Å². The zero-order chi connectivity index (χ0) is 4.50. The molecule has 0 spiro atoms. The van der Waals surface area contributed by atoms with Crippen LogP contribution in [0.2, 0.25) is 0 Å². The van der Waals surface area contributed by atoms with Gasteiger partial charge in [-0.2, -0.15) is 0 Å². The molecule has 0 rings (SSSR count). The van der Waals surface area contributed by atoms with Gasteiger partial charge in [0.25, 0.3) is 0 Å². The quantitative estimate of drug-likeness (QED) is 0.438. The summed E-state index contributed by atoms with van der Waals surface area (Å²) in [4.78, 5) is -4.06. The number of hydrogen-bond donors (Lipinski definition) is 0. The molecule has 0 aromatic carbocycles. The van der Waals surface area contributed by atoms with Crippen LogP contribution in [0, 0.1) is 0 Å². The Kier molecular flexibility index (Phi) is 1.29. The van der Waals surface area contributed by atoms with E-state index >= 15 is 0 Å². The van der Waals surface area contributed by atoms with Crippen LogP contribution in [-0.2, 0) is 0 Å². The first kappa shape index (κ1) is 5.35. The summed E-state index contributed by atoms with van der Waals surface area (Å²) in [6, 6.07) is 0. The third-order valence-corrected chi connectivity index (χ3v) is 0. The van der Waals surface area contributed by atoms with Crippen molar-refractivity contribution in [1.82, 2.24) is 0 Å². The molecular weight excluding hydrogens is 144 g/mol. The second-order valence-corrected chi connectivity index (χ2v) is 1.53. The van der Waals surface area contributed by atoms with E-state index in [9.17, 15) is 13.2 Å². The van der Waals surface area contributed by atoms with Crippen LogP contribution >= 0.6 is 0 Å². The van der Waals surface area contributed by atoms with E-state index in [1.807, 2.05) is 0 Å². The van der Waals surface area contributed by atoms with Crippen molar-refractivity contribution in [3.05, 3.63) is 0 Å². The van der Waals surface area contributed by atoms with E-state index in [1.165, 1.54) is 0 Å². The summed E-state index contributed by atoms with van der Waals surface area (Å²) in [6.45, 7) is 0. The van der Waals surface area contributed by atoms with E-state index in [-0.39, 0.29) is 0 Å². The van der Waals surface area contributed by atoms with E-state index < -0.39 is 4.96 Å². The molecule has 0 amide bonds. The van der Waals surface area contributed by atoms with Gasteiger partial charge in [-0.25, -0.2) is 0 Å². The molecule has 0 atom stereocenters. The van der Waals surface area contributed by atoms with Crippen molar-refractivity contribution in [2.75, 3.05) is 0 Å². The van der Waals surface area contributed by atoms with Crippen molar-refractivity contribution < 1.29 is 13.2 Å². The Hall–Kier alpha value is 0.348. The van der Waals surface area contributed by atoms with Gasteiger partial charge in [-0.1, -0.05) is 0 Å². The van der Waals surface area contributed by atoms with Crippen molar-refractivity contribution in [3.8, 4) is 0 Å². The van der Waals surface area contributed by atoms with Gasteiger partial charge >= 0.3 is 35.0 Å². The normalized spacial score (nSPS) is 12.0. The Balaban J connectivity index is 3.02. The minimum atomic E-state index is -4.06. The summed E-state index contributed by atoms with van der Waals surface area (Å²) in [5, 5.41) is 0. The summed E-state index contributed by atoms with van der Waals surface area (Å²) in [5.74, 6) is 0. The van der Waals surface area contributed by atoms with E-state index in [4.69, 9.17) is 0 Å². The molecule has 5 heavy (non-hydrogen) atoms. The Morgan fingerprint density at radius 1 is 1.20 bits per heavy atom. The molecule has 0 aliphatic heterocycles. The van der Waals surface area contributed by atoms with Crippen molar-refractivity contribution in [2.45, 2.75) is 4.96 Å². The molecular formula is CAsF3. The zero-order valence-corrected chi connectivity index (χ0v) is 3.96. The summed E-state index contributed by atoms with van der Waals surface area (Å²) >= 11 is 0.583. The monoisotopic (exact) mass is 144 g/mol. The van der Waals surface area contributed by atoms with Crippen LogP contribution < -0.4 is 0 Å². The number of alkyl halides is 3. The van der Waals surface area contributed by atoms with Crippen LogP contribution in [0.25, 0.3) is 0 Å². The molecule has 0 saturated carbocycles. The SMILES string of the molecule is FC(F)(F)[As]. The molecule has 0 bridgehead atoms. The molecule has 0 unspecified atom stereocenters. The van der Waals surface area contributed by atoms with Gasteiger partial charge in [-0.3, -0.25) is 0 Å². The summed E-state index contributed by atoms with van der Waals surface area (Å²) < 4.78 is 31.0. The van der Waals surface area contributed by atoms with Gasteiger partial charge in [0, 0.05) is 0 Å².